The standard InChI is InChI=1S/C25H19Cl2N3O3/c1-15(16-6-3-2-4-7-16)28-23(31)17-10-12-19(13-11-17)29-22-21(27)24(32)30(25(22)33)20-9-5-8-18(26)14-20/h2-15,29H,1H3,(H,28,31). The normalized spacial score (nSPS) is 14.5. The van der Waals surface area contributed by atoms with Crippen LogP contribution in [0.4, 0.5) is 11.4 Å². The Bertz CT molecular complexity index is 1260. The number of hydrogen-bond acceptors (Lipinski definition) is 4. The van der Waals surface area contributed by atoms with Gasteiger partial charge >= 0.3 is 0 Å². The number of imide groups is 1. The van der Waals surface area contributed by atoms with E-state index < -0.39 is 11.8 Å². The maximum absolute atomic E-state index is 12.9. The highest BCUT2D eigenvalue weighted by Crippen LogP contribution is 2.31. The number of halogens is 2. The molecule has 0 saturated heterocycles. The SMILES string of the molecule is CC(NC(=O)c1ccc(NC2=C(Cl)C(=O)N(c3cccc(Cl)c3)C2=O)cc1)c1ccccc1. The lowest BCUT2D eigenvalue weighted by Crippen LogP contribution is -2.32. The molecule has 0 aliphatic carbocycles. The highest BCUT2D eigenvalue weighted by atomic mass is 35.5. The van der Waals surface area contributed by atoms with Crippen LogP contribution in [0.1, 0.15) is 28.9 Å². The van der Waals surface area contributed by atoms with Crippen LogP contribution in [0.5, 0.6) is 0 Å². The molecule has 1 unspecified atom stereocenters. The third-order valence-corrected chi connectivity index (χ3v) is 5.74. The molecule has 0 fully saturated rings. The first-order valence-electron chi connectivity index (χ1n) is 10.1. The molecule has 3 amide bonds. The zero-order chi connectivity index (χ0) is 23.5. The Hall–Kier alpha value is -3.61. The van der Waals surface area contributed by atoms with Crippen LogP contribution in [0.3, 0.4) is 0 Å². The summed E-state index contributed by atoms with van der Waals surface area (Å²) in [5.41, 5.74) is 2.24. The van der Waals surface area contributed by atoms with Crippen molar-refractivity contribution in [1.29, 1.82) is 0 Å². The van der Waals surface area contributed by atoms with Gasteiger partial charge in [-0.25, -0.2) is 4.90 Å². The Labute approximate surface area is 200 Å². The first-order chi connectivity index (χ1) is 15.8. The molecule has 3 aromatic rings. The summed E-state index contributed by atoms with van der Waals surface area (Å²) < 4.78 is 0. The van der Waals surface area contributed by atoms with Gasteiger partial charge in [-0.1, -0.05) is 59.6 Å². The van der Waals surface area contributed by atoms with E-state index in [-0.39, 0.29) is 22.7 Å². The summed E-state index contributed by atoms with van der Waals surface area (Å²) in [7, 11) is 0. The first-order valence-corrected chi connectivity index (χ1v) is 10.9. The maximum Gasteiger partial charge on any atom is 0.283 e. The van der Waals surface area contributed by atoms with Crippen LogP contribution in [0.15, 0.2) is 89.6 Å². The molecule has 1 aliphatic heterocycles. The van der Waals surface area contributed by atoms with Gasteiger partial charge in [0.15, 0.2) is 0 Å². The number of nitrogens with zero attached hydrogens (tertiary/aromatic N) is 1. The molecule has 0 radical (unpaired) electrons. The van der Waals surface area contributed by atoms with Crippen LogP contribution in [-0.2, 0) is 9.59 Å². The molecule has 0 aromatic heterocycles. The number of benzene rings is 3. The molecule has 1 aliphatic rings. The molecule has 0 spiro atoms. The van der Waals surface area contributed by atoms with E-state index in [1.54, 1.807) is 42.5 Å². The zero-order valence-corrected chi connectivity index (χ0v) is 19.0. The average Bonchev–Trinajstić information content (AvgIpc) is 3.03. The highest BCUT2D eigenvalue weighted by molar-refractivity contribution is 6.53. The fourth-order valence-corrected chi connectivity index (χ4v) is 3.81. The molecule has 0 bridgehead atoms. The molecule has 1 atom stereocenters. The molecule has 4 rings (SSSR count). The lowest BCUT2D eigenvalue weighted by molar-refractivity contribution is -0.120. The number of carbonyl (C=O) groups is 3. The first kappa shape index (κ1) is 22.6. The molecule has 6 nitrogen and oxygen atoms in total. The average molecular weight is 480 g/mol. The number of carbonyl (C=O) groups excluding carboxylic acids is 3. The summed E-state index contributed by atoms with van der Waals surface area (Å²) >= 11 is 12.1. The van der Waals surface area contributed by atoms with Crippen molar-refractivity contribution >= 4 is 52.3 Å². The van der Waals surface area contributed by atoms with E-state index in [0.29, 0.717) is 22.0 Å². The third-order valence-electron chi connectivity index (χ3n) is 5.16. The van der Waals surface area contributed by atoms with Gasteiger partial charge in [-0.2, -0.15) is 0 Å². The Kier molecular flexibility index (Phi) is 6.49. The summed E-state index contributed by atoms with van der Waals surface area (Å²) in [6.07, 6.45) is 0. The predicted molar refractivity (Wildman–Crippen MR) is 129 cm³/mol. The van der Waals surface area contributed by atoms with Crippen molar-refractivity contribution in [3.63, 3.8) is 0 Å². The Morgan fingerprint density at radius 1 is 0.879 bits per heavy atom. The predicted octanol–water partition coefficient (Wildman–Crippen LogP) is 5.27. The van der Waals surface area contributed by atoms with Crippen LogP contribution >= 0.6 is 23.2 Å². The fraction of sp³-hybridized carbons (Fsp3) is 0.0800. The van der Waals surface area contributed by atoms with Gasteiger partial charge in [0, 0.05) is 16.3 Å². The van der Waals surface area contributed by atoms with Gasteiger partial charge in [-0.05, 0) is 55.0 Å². The lowest BCUT2D eigenvalue weighted by Gasteiger charge is -2.16. The second-order valence-electron chi connectivity index (χ2n) is 7.42. The van der Waals surface area contributed by atoms with Crippen molar-refractivity contribution in [2.75, 3.05) is 10.2 Å². The summed E-state index contributed by atoms with van der Waals surface area (Å²) in [5, 5.41) is 6.00. The molecular formula is C25H19Cl2N3O3. The van der Waals surface area contributed by atoms with Crippen molar-refractivity contribution in [2.45, 2.75) is 13.0 Å². The highest BCUT2D eigenvalue weighted by Gasteiger charge is 2.39. The monoisotopic (exact) mass is 479 g/mol. The molecule has 3 aromatic carbocycles. The van der Waals surface area contributed by atoms with Gasteiger partial charge in [-0.15, -0.1) is 0 Å². The third kappa shape index (κ3) is 4.77. The number of hydrogen-bond donors (Lipinski definition) is 2. The zero-order valence-electron chi connectivity index (χ0n) is 17.5. The van der Waals surface area contributed by atoms with E-state index in [1.165, 1.54) is 6.07 Å². The molecule has 33 heavy (non-hydrogen) atoms. The summed E-state index contributed by atoms with van der Waals surface area (Å²) in [6, 6.07) is 22.4. The van der Waals surface area contributed by atoms with Crippen LogP contribution in [0, 0.1) is 0 Å². The summed E-state index contributed by atoms with van der Waals surface area (Å²) in [5.74, 6) is -1.46. The van der Waals surface area contributed by atoms with E-state index >= 15 is 0 Å². The summed E-state index contributed by atoms with van der Waals surface area (Å²) in [4.78, 5) is 39.0. The van der Waals surface area contributed by atoms with Crippen LogP contribution in [-0.4, -0.2) is 17.7 Å². The van der Waals surface area contributed by atoms with Crippen molar-refractivity contribution < 1.29 is 14.4 Å². The van der Waals surface area contributed by atoms with Crippen molar-refractivity contribution in [1.82, 2.24) is 5.32 Å². The minimum atomic E-state index is -0.641. The molecule has 1 heterocycles. The van der Waals surface area contributed by atoms with Crippen LogP contribution in [0.25, 0.3) is 0 Å². The number of nitrogens with one attached hydrogen (secondary N) is 2. The second kappa shape index (κ2) is 9.48. The van der Waals surface area contributed by atoms with Crippen LogP contribution in [0.2, 0.25) is 5.02 Å². The Balaban J connectivity index is 1.46. The van der Waals surface area contributed by atoms with Crippen LogP contribution < -0.4 is 15.5 Å². The van der Waals surface area contributed by atoms with E-state index in [9.17, 15) is 14.4 Å². The minimum Gasteiger partial charge on any atom is -0.350 e. The fourth-order valence-electron chi connectivity index (χ4n) is 3.42. The molecule has 0 saturated carbocycles. The van der Waals surface area contributed by atoms with Gasteiger partial charge in [0.25, 0.3) is 17.7 Å². The molecule has 8 heteroatoms. The molecule has 2 N–H and O–H groups in total. The van der Waals surface area contributed by atoms with Gasteiger partial charge in [-0.3, -0.25) is 14.4 Å². The van der Waals surface area contributed by atoms with E-state index in [0.717, 1.165) is 10.5 Å². The molecular weight excluding hydrogens is 461 g/mol. The van der Waals surface area contributed by atoms with E-state index in [4.69, 9.17) is 23.2 Å². The van der Waals surface area contributed by atoms with E-state index in [2.05, 4.69) is 10.6 Å². The Morgan fingerprint density at radius 3 is 2.24 bits per heavy atom. The number of amides is 3. The minimum absolute atomic E-state index is 0.0449. The maximum atomic E-state index is 12.9. The smallest absolute Gasteiger partial charge is 0.283 e. The van der Waals surface area contributed by atoms with Gasteiger partial charge in [0.2, 0.25) is 0 Å². The van der Waals surface area contributed by atoms with Gasteiger partial charge < -0.3 is 10.6 Å². The molecule has 166 valence electrons. The van der Waals surface area contributed by atoms with Gasteiger partial charge in [0.1, 0.15) is 10.7 Å². The Morgan fingerprint density at radius 2 is 1.58 bits per heavy atom. The van der Waals surface area contributed by atoms with Crippen molar-refractivity contribution in [2.24, 2.45) is 0 Å². The summed E-state index contributed by atoms with van der Waals surface area (Å²) in [6.45, 7) is 1.91. The number of rotatable bonds is 6. The topological polar surface area (TPSA) is 78.5 Å². The number of anilines is 2. The van der Waals surface area contributed by atoms with Gasteiger partial charge in [0.05, 0.1) is 11.7 Å². The van der Waals surface area contributed by atoms with Crippen molar-refractivity contribution in [3.05, 3.63) is 106 Å². The quantitative estimate of drug-likeness (QED) is 0.472. The lowest BCUT2D eigenvalue weighted by atomic mass is 10.1. The van der Waals surface area contributed by atoms with Crippen molar-refractivity contribution in [3.8, 4) is 0 Å². The second-order valence-corrected chi connectivity index (χ2v) is 8.24. The van der Waals surface area contributed by atoms with E-state index in [1.807, 2.05) is 37.3 Å². The largest absolute Gasteiger partial charge is 0.350 e.